The van der Waals surface area contributed by atoms with Gasteiger partial charge in [-0.25, -0.2) is 0 Å². The fraction of sp³-hybridized carbons (Fsp3) is 0.381. The van der Waals surface area contributed by atoms with Gasteiger partial charge in [-0.3, -0.25) is 4.79 Å². The number of rotatable bonds is 7. The van der Waals surface area contributed by atoms with Crippen LogP contribution < -0.4 is 19.5 Å². The molecule has 1 amide bonds. The van der Waals surface area contributed by atoms with Crippen LogP contribution in [0.1, 0.15) is 42.3 Å². The molecule has 0 aromatic heterocycles. The van der Waals surface area contributed by atoms with Crippen LogP contribution in [0.4, 0.5) is 0 Å². The van der Waals surface area contributed by atoms with E-state index < -0.39 is 0 Å². The summed E-state index contributed by atoms with van der Waals surface area (Å²) in [7, 11) is 0. The van der Waals surface area contributed by atoms with E-state index >= 15 is 0 Å². The van der Waals surface area contributed by atoms with Crippen molar-refractivity contribution in [1.82, 2.24) is 5.32 Å². The van der Waals surface area contributed by atoms with Crippen molar-refractivity contribution >= 4 is 5.91 Å². The maximum atomic E-state index is 12.6. The van der Waals surface area contributed by atoms with Gasteiger partial charge >= 0.3 is 0 Å². The molecule has 0 aliphatic carbocycles. The highest BCUT2D eigenvalue weighted by atomic mass is 16.5. The van der Waals surface area contributed by atoms with Crippen molar-refractivity contribution in [3.8, 4) is 17.2 Å². The van der Waals surface area contributed by atoms with Crippen molar-refractivity contribution < 1.29 is 19.0 Å². The van der Waals surface area contributed by atoms with Gasteiger partial charge in [-0.2, -0.15) is 0 Å². The Hall–Kier alpha value is -2.69. The molecule has 2 aromatic carbocycles. The van der Waals surface area contributed by atoms with E-state index in [2.05, 4.69) is 5.32 Å². The lowest BCUT2D eigenvalue weighted by Crippen LogP contribution is -2.24. The summed E-state index contributed by atoms with van der Waals surface area (Å²) in [5, 5.41) is 2.96. The Morgan fingerprint density at radius 3 is 2.65 bits per heavy atom. The van der Waals surface area contributed by atoms with Crippen molar-refractivity contribution in [3.63, 3.8) is 0 Å². The Morgan fingerprint density at radius 1 is 1.15 bits per heavy atom. The summed E-state index contributed by atoms with van der Waals surface area (Å²) in [5.41, 5.74) is 2.58. The second kappa shape index (κ2) is 8.13. The molecule has 26 heavy (non-hydrogen) atoms. The van der Waals surface area contributed by atoms with E-state index in [9.17, 15) is 4.79 Å². The molecule has 0 unspecified atom stereocenters. The maximum Gasteiger partial charge on any atom is 0.255 e. The van der Waals surface area contributed by atoms with Crippen LogP contribution >= 0.6 is 0 Å². The Kier molecular flexibility index (Phi) is 5.66. The van der Waals surface area contributed by atoms with Gasteiger partial charge in [0.15, 0.2) is 0 Å². The summed E-state index contributed by atoms with van der Waals surface area (Å²) in [6.45, 7) is 7.34. The molecule has 5 heteroatoms. The van der Waals surface area contributed by atoms with Gasteiger partial charge in [0.1, 0.15) is 23.4 Å². The van der Waals surface area contributed by atoms with Crippen molar-refractivity contribution in [2.45, 2.75) is 39.8 Å². The SMILES string of the molecule is CCOc1cc2c(cc1CNC(=O)c1ccccc1OCC)O[C@H](C)C2. The third-order valence-corrected chi connectivity index (χ3v) is 4.25. The number of para-hydroxylation sites is 1. The van der Waals surface area contributed by atoms with Gasteiger partial charge in [-0.05, 0) is 45.0 Å². The van der Waals surface area contributed by atoms with E-state index in [0.717, 1.165) is 29.0 Å². The fourth-order valence-corrected chi connectivity index (χ4v) is 3.12. The average molecular weight is 355 g/mol. The Labute approximate surface area is 154 Å². The summed E-state index contributed by atoms with van der Waals surface area (Å²) < 4.78 is 17.1. The predicted molar refractivity (Wildman–Crippen MR) is 100 cm³/mol. The molecule has 1 aliphatic heterocycles. The molecule has 0 saturated carbocycles. The summed E-state index contributed by atoms with van der Waals surface area (Å²) in [4.78, 5) is 12.6. The molecular weight excluding hydrogens is 330 g/mol. The molecule has 0 fully saturated rings. The number of carbonyl (C=O) groups is 1. The minimum Gasteiger partial charge on any atom is -0.494 e. The van der Waals surface area contributed by atoms with E-state index in [1.54, 1.807) is 12.1 Å². The first-order valence-corrected chi connectivity index (χ1v) is 9.07. The molecule has 1 N–H and O–H groups in total. The molecule has 0 saturated heterocycles. The number of ether oxygens (including phenoxy) is 3. The van der Waals surface area contributed by atoms with Crippen molar-refractivity contribution in [3.05, 3.63) is 53.1 Å². The lowest BCUT2D eigenvalue weighted by molar-refractivity contribution is 0.0946. The number of carbonyl (C=O) groups excluding carboxylic acids is 1. The van der Waals surface area contributed by atoms with E-state index in [1.165, 1.54) is 0 Å². The Balaban J connectivity index is 1.77. The van der Waals surface area contributed by atoms with E-state index in [0.29, 0.717) is 31.1 Å². The minimum absolute atomic E-state index is 0.169. The maximum absolute atomic E-state index is 12.6. The van der Waals surface area contributed by atoms with Gasteiger partial charge < -0.3 is 19.5 Å². The number of benzene rings is 2. The van der Waals surface area contributed by atoms with Crippen molar-refractivity contribution in [2.24, 2.45) is 0 Å². The standard InChI is InChI=1S/C21H25NO4/c1-4-24-18-9-7-6-8-17(18)21(23)22-13-16-12-20-15(10-14(3)26-20)11-19(16)25-5-2/h6-9,11-12,14H,4-5,10,13H2,1-3H3,(H,22,23)/t14-/m1/s1. The predicted octanol–water partition coefficient (Wildman–Crippen LogP) is 3.74. The van der Waals surface area contributed by atoms with E-state index in [4.69, 9.17) is 14.2 Å². The van der Waals surface area contributed by atoms with E-state index in [-0.39, 0.29) is 12.0 Å². The largest absolute Gasteiger partial charge is 0.494 e. The summed E-state index contributed by atoms with van der Waals surface area (Å²) in [5.74, 6) is 2.08. The van der Waals surface area contributed by atoms with Crippen LogP contribution in [0.15, 0.2) is 36.4 Å². The quantitative estimate of drug-likeness (QED) is 0.822. The van der Waals surface area contributed by atoms with Crippen LogP contribution in [0.3, 0.4) is 0 Å². The lowest BCUT2D eigenvalue weighted by atomic mass is 10.1. The van der Waals surface area contributed by atoms with Gasteiger partial charge in [0.2, 0.25) is 0 Å². The first-order chi connectivity index (χ1) is 12.6. The van der Waals surface area contributed by atoms with E-state index in [1.807, 2.05) is 45.0 Å². The molecule has 138 valence electrons. The number of amides is 1. The molecule has 0 bridgehead atoms. The third-order valence-electron chi connectivity index (χ3n) is 4.25. The summed E-state index contributed by atoms with van der Waals surface area (Å²) >= 11 is 0. The number of fused-ring (bicyclic) bond motifs is 1. The van der Waals surface area contributed by atoms with Crippen LogP contribution in [-0.2, 0) is 13.0 Å². The number of nitrogens with one attached hydrogen (secondary N) is 1. The van der Waals surface area contributed by atoms with Crippen LogP contribution in [0.25, 0.3) is 0 Å². The second-order valence-electron chi connectivity index (χ2n) is 6.25. The number of hydrogen-bond acceptors (Lipinski definition) is 4. The van der Waals surface area contributed by atoms with Gasteiger partial charge in [0.25, 0.3) is 5.91 Å². The van der Waals surface area contributed by atoms with Gasteiger partial charge in [0.05, 0.1) is 18.8 Å². The second-order valence-corrected chi connectivity index (χ2v) is 6.25. The zero-order valence-corrected chi connectivity index (χ0v) is 15.5. The van der Waals surface area contributed by atoms with Crippen LogP contribution in [0, 0.1) is 0 Å². The Bertz CT molecular complexity index is 788. The van der Waals surface area contributed by atoms with Crippen molar-refractivity contribution in [2.75, 3.05) is 13.2 Å². The molecular formula is C21H25NO4. The zero-order chi connectivity index (χ0) is 18.5. The third kappa shape index (κ3) is 3.93. The highest BCUT2D eigenvalue weighted by Gasteiger charge is 2.22. The summed E-state index contributed by atoms with van der Waals surface area (Å²) in [6.07, 6.45) is 1.05. The van der Waals surface area contributed by atoms with Gasteiger partial charge in [0, 0.05) is 24.1 Å². The van der Waals surface area contributed by atoms with Gasteiger partial charge in [-0.1, -0.05) is 12.1 Å². The van der Waals surface area contributed by atoms with Crippen LogP contribution in [-0.4, -0.2) is 25.2 Å². The summed E-state index contributed by atoms with van der Waals surface area (Å²) in [6, 6.07) is 11.2. The lowest BCUT2D eigenvalue weighted by Gasteiger charge is -2.14. The first kappa shape index (κ1) is 18.1. The molecule has 1 heterocycles. The first-order valence-electron chi connectivity index (χ1n) is 9.07. The minimum atomic E-state index is -0.175. The highest BCUT2D eigenvalue weighted by Crippen LogP contribution is 2.35. The molecule has 5 nitrogen and oxygen atoms in total. The zero-order valence-electron chi connectivity index (χ0n) is 15.5. The molecule has 1 atom stereocenters. The fourth-order valence-electron chi connectivity index (χ4n) is 3.12. The highest BCUT2D eigenvalue weighted by molar-refractivity contribution is 5.96. The smallest absolute Gasteiger partial charge is 0.255 e. The topological polar surface area (TPSA) is 56.8 Å². The molecule has 2 aromatic rings. The molecule has 3 rings (SSSR count). The van der Waals surface area contributed by atoms with Crippen LogP contribution in [0.2, 0.25) is 0 Å². The monoisotopic (exact) mass is 355 g/mol. The Morgan fingerprint density at radius 2 is 1.88 bits per heavy atom. The normalized spacial score (nSPS) is 15.1. The number of hydrogen-bond donors (Lipinski definition) is 1. The molecule has 1 aliphatic rings. The van der Waals surface area contributed by atoms with Crippen LogP contribution in [0.5, 0.6) is 17.2 Å². The molecule has 0 radical (unpaired) electrons. The molecule has 0 spiro atoms. The average Bonchev–Trinajstić information content (AvgIpc) is 2.99. The van der Waals surface area contributed by atoms with Crippen molar-refractivity contribution in [1.29, 1.82) is 0 Å². The van der Waals surface area contributed by atoms with Gasteiger partial charge in [-0.15, -0.1) is 0 Å².